The molecular formula is C17H25N3O3. The van der Waals surface area contributed by atoms with Crippen molar-refractivity contribution in [1.29, 1.82) is 0 Å². The van der Waals surface area contributed by atoms with Crippen molar-refractivity contribution in [2.45, 2.75) is 19.8 Å². The molecule has 0 saturated carbocycles. The van der Waals surface area contributed by atoms with E-state index in [-0.39, 0.29) is 6.79 Å². The largest absolute Gasteiger partial charge is 0.492 e. The molecule has 1 unspecified atom stereocenters. The van der Waals surface area contributed by atoms with E-state index >= 15 is 0 Å². The van der Waals surface area contributed by atoms with Crippen molar-refractivity contribution in [2.75, 3.05) is 40.1 Å². The number of likely N-dealkylation sites (tertiary alicyclic amines) is 1. The lowest BCUT2D eigenvalue weighted by Gasteiger charge is -2.33. The molecular weight excluding hydrogens is 294 g/mol. The third kappa shape index (κ3) is 4.00. The molecule has 3 rings (SSSR count). The van der Waals surface area contributed by atoms with Gasteiger partial charge in [-0.25, -0.2) is 0 Å². The van der Waals surface area contributed by atoms with Gasteiger partial charge in [-0.3, -0.25) is 4.99 Å². The molecule has 126 valence electrons. The molecule has 2 heterocycles. The first-order valence-electron chi connectivity index (χ1n) is 8.24. The molecule has 0 radical (unpaired) electrons. The minimum Gasteiger partial charge on any atom is -0.492 e. The van der Waals surface area contributed by atoms with E-state index in [9.17, 15) is 0 Å². The zero-order valence-corrected chi connectivity index (χ0v) is 13.9. The number of hydrogen-bond acceptors (Lipinski definition) is 4. The number of hydrogen-bond donors (Lipinski definition) is 1. The van der Waals surface area contributed by atoms with Crippen LogP contribution in [0, 0.1) is 5.92 Å². The lowest BCUT2D eigenvalue weighted by molar-refractivity contribution is 0.173. The van der Waals surface area contributed by atoms with E-state index in [1.807, 2.05) is 25.2 Å². The summed E-state index contributed by atoms with van der Waals surface area (Å²) in [5.74, 6) is 4.00. The fraction of sp³-hybridized carbons (Fsp3) is 0.588. The second kappa shape index (κ2) is 7.44. The van der Waals surface area contributed by atoms with Crippen LogP contribution in [0.4, 0.5) is 0 Å². The molecule has 1 N–H and O–H groups in total. The second-order valence-electron chi connectivity index (χ2n) is 6.03. The van der Waals surface area contributed by atoms with Gasteiger partial charge in [-0.2, -0.15) is 0 Å². The zero-order chi connectivity index (χ0) is 16.1. The van der Waals surface area contributed by atoms with Crippen LogP contribution >= 0.6 is 0 Å². The minimum atomic E-state index is 0.283. The summed E-state index contributed by atoms with van der Waals surface area (Å²) in [4.78, 5) is 6.71. The van der Waals surface area contributed by atoms with Gasteiger partial charge in [-0.05, 0) is 30.9 Å². The molecule has 1 aromatic carbocycles. The molecule has 0 spiro atoms. The number of piperidine rings is 1. The molecule has 0 aliphatic carbocycles. The lowest BCUT2D eigenvalue weighted by Crippen LogP contribution is -2.47. The van der Waals surface area contributed by atoms with Crippen LogP contribution in [0.3, 0.4) is 0 Å². The van der Waals surface area contributed by atoms with Crippen LogP contribution in [0.25, 0.3) is 0 Å². The number of nitrogens with one attached hydrogen (secondary N) is 1. The number of ether oxygens (including phenoxy) is 3. The van der Waals surface area contributed by atoms with Crippen LogP contribution in [0.5, 0.6) is 17.2 Å². The van der Waals surface area contributed by atoms with Gasteiger partial charge in [0, 0.05) is 26.2 Å². The van der Waals surface area contributed by atoms with Crippen LogP contribution in [-0.2, 0) is 0 Å². The fourth-order valence-corrected chi connectivity index (χ4v) is 3.01. The van der Waals surface area contributed by atoms with Gasteiger partial charge in [-0.1, -0.05) is 6.92 Å². The molecule has 2 aliphatic rings. The van der Waals surface area contributed by atoms with Crippen LogP contribution in [0.2, 0.25) is 0 Å². The summed E-state index contributed by atoms with van der Waals surface area (Å²) in [6.07, 6.45) is 2.54. The highest BCUT2D eigenvalue weighted by Crippen LogP contribution is 2.34. The Hall–Kier alpha value is -2.11. The van der Waals surface area contributed by atoms with Gasteiger partial charge in [0.15, 0.2) is 17.5 Å². The standard InChI is InChI=1S/C17H25N3O3/c1-13-4-3-8-20(11-13)17(18-2)19-7-9-21-14-5-6-15-16(10-14)23-12-22-15/h5-6,10,13H,3-4,7-9,11-12H2,1-2H3,(H,18,19). The number of rotatable bonds is 4. The lowest BCUT2D eigenvalue weighted by atomic mass is 10.0. The summed E-state index contributed by atoms with van der Waals surface area (Å²) in [5, 5.41) is 3.38. The highest BCUT2D eigenvalue weighted by molar-refractivity contribution is 5.79. The predicted octanol–water partition coefficient (Wildman–Crippen LogP) is 2.10. The Morgan fingerprint density at radius 2 is 2.26 bits per heavy atom. The van der Waals surface area contributed by atoms with E-state index in [0.29, 0.717) is 13.2 Å². The first kappa shape index (κ1) is 15.8. The Morgan fingerprint density at radius 3 is 3.09 bits per heavy atom. The van der Waals surface area contributed by atoms with Gasteiger partial charge >= 0.3 is 0 Å². The molecule has 1 saturated heterocycles. The summed E-state index contributed by atoms with van der Waals surface area (Å²) in [6.45, 7) is 6.01. The van der Waals surface area contributed by atoms with Crippen molar-refractivity contribution < 1.29 is 14.2 Å². The number of nitrogens with zero attached hydrogens (tertiary/aromatic N) is 2. The van der Waals surface area contributed by atoms with Gasteiger partial charge in [0.1, 0.15) is 12.4 Å². The highest BCUT2D eigenvalue weighted by Gasteiger charge is 2.19. The average Bonchev–Trinajstić information content (AvgIpc) is 3.02. The Morgan fingerprint density at radius 1 is 1.39 bits per heavy atom. The van der Waals surface area contributed by atoms with Gasteiger partial charge in [0.25, 0.3) is 0 Å². The highest BCUT2D eigenvalue weighted by atomic mass is 16.7. The van der Waals surface area contributed by atoms with Gasteiger partial charge in [0.2, 0.25) is 6.79 Å². The van der Waals surface area contributed by atoms with Crippen molar-refractivity contribution in [3.63, 3.8) is 0 Å². The van der Waals surface area contributed by atoms with E-state index in [1.54, 1.807) is 0 Å². The maximum absolute atomic E-state index is 5.76. The first-order valence-corrected chi connectivity index (χ1v) is 8.24. The molecule has 1 aromatic rings. The Kier molecular flexibility index (Phi) is 5.10. The van der Waals surface area contributed by atoms with E-state index in [0.717, 1.165) is 42.2 Å². The maximum Gasteiger partial charge on any atom is 0.231 e. The Balaban J connectivity index is 1.43. The average molecular weight is 319 g/mol. The molecule has 23 heavy (non-hydrogen) atoms. The summed E-state index contributed by atoms with van der Waals surface area (Å²) in [6, 6.07) is 5.64. The second-order valence-corrected chi connectivity index (χ2v) is 6.03. The summed E-state index contributed by atoms with van der Waals surface area (Å²) < 4.78 is 16.4. The van der Waals surface area contributed by atoms with Gasteiger partial charge in [-0.15, -0.1) is 0 Å². The van der Waals surface area contributed by atoms with Crippen molar-refractivity contribution in [1.82, 2.24) is 10.2 Å². The fourth-order valence-electron chi connectivity index (χ4n) is 3.01. The number of fused-ring (bicyclic) bond motifs is 1. The zero-order valence-electron chi connectivity index (χ0n) is 13.9. The van der Waals surface area contributed by atoms with E-state index in [4.69, 9.17) is 14.2 Å². The van der Waals surface area contributed by atoms with Gasteiger partial charge in [0.05, 0.1) is 6.54 Å². The van der Waals surface area contributed by atoms with E-state index in [2.05, 4.69) is 22.1 Å². The maximum atomic E-state index is 5.76. The topological polar surface area (TPSA) is 55.3 Å². The van der Waals surface area contributed by atoms with Crippen molar-refractivity contribution in [2.24, 2.45) is 10.9 Å². The van der Waals surface area contributed by atoms with Crippen molar-refractivity contribution >= 4 is 5.96 Å². The third-order valence-electron chi connectivity index (χ3n) is 4.17. The molecule has 0 aromatic heterocycles. The van der Waals surface area contributed by atoms with E-state index in [1.165, 1.54) is 12.8 Å². The number of aliphatic imine (C=N–C) groups is 1. The van der Waals surface area contributed by atoms with Gasteiger partial charge < -0.3 is 24.4 Å². The first-order chi connectivity index (χ1) is 11.3. The molecule has 6 nitrogen and oxygen atoms in total. The molecule has 6 heteroatoms. The SMILES string of the molecule is CN=C(NCCOc1ccc2c(c1)OCO2)N1CCCC(C)C1. The molecule has 0 bridgehead atoms. The Labute approximate surface area is 137 Å². The minimum absolute atomic E-state index is 0.283. The normalized spacial score (nSPS) is 20.5. The molecule has 1 atom stereocenters. The van der Waals surface area contributed by atoms with Crippen molar-refractivity contribution in [3.8, 4) is 17.2 Å². The summed E-state index contributed by atoms with van der Waals surface area (Å²) >= 11 is 0. The molecule has 2 aliphatic heterocycles. The molecule has 1 fully saturated rings. The quantitative estimate of drug-likeness (QED) is 0.523. The third-order valence-corrected chi connectivity index (χ3v) is 4.17. The smallest absolute Gasteiger partial charge is 0.231 e. The summed E-state index contributed by atoms with van der Waals surface area (Å²) in [7, 11) is 1.83. The van der Waals surface area contributed by atoms with Crippen LogP contribution in [0.15, 0.2) is 23.2 Å². The summed E-state index contributed by atoms with van der Waals surface area (Å²) in [5.41, 5.74) is 0. The Bertz CT molecular complexity index is 562. The predicted molar refractivity (Wildman–Crippen MR) is 89.4 cm³/mol. The van der Waals surface area contributed by atoms with Crippen LogP contribution < -0.4 is 19.5 Å². The number of guanidine groups is 1. The van der Waals surface area contributed by atoms with Crippen LogP contribution in [0.1, 0.15) is 19.8 Å². The number of benzene rings is 1. The van der Waals surface area contributed by atoms with Crippen LogP contribution in [-0.4, -0.2) is 50.9 Å². The monoisotopic (exact) mass is 319 g/mol. The van der Waals surface area contributed by atoms with E-state index < -0.39 is 0 Å². The van der Waals surface area contributed by atoms with Crippen molar-refractivity contribution in [3.05, 3.63) is 18.2 Å². The molecule has 0 amide bonds.